The number of hydrogen-bond donors (Lipinski definition) is 0. The van der Waals surface area contributed by atoms with E-state index in [1.165, 1.54) is 16.7 Å². The summed E-state index contributed by atoms with van der Waals surface area (Å²) in [5.74, 6) is -0.171. The minimum Gasteiger partial charge on any atom is -0.269 e. The monoisotopic (exact) mass is 326 g/mol. The van der Waals surface area contributed by atoms with E-state index < -0.39 is 0 Å². The highest BCUT2D eigenvalue weighted by atomic mass is 32.2. The van der Waals surface area contributed by atoms with Crippen molar-refractivity contribution in [2.75, 3.05) is 5.88 Å². The fraction of sp³-hybridized carbons (Fsp3) is 0.0625. The highest BCUT2D eigenvalue weighted by Gasteiger charge is 2.35. The van der Waals surface area contributed by atoms with Gasteiger partial charge in [0.05, 0.1) is 27.2 Å². The minimum absolute atomic E-state index is 0.228. The van der Waals surface area contributed by atoms with E-state index in [4.69, 9.17) is 0 Å². The molecule has 3 aromatic rings. The van der Waals surface area contributed by atoms with Gasteiger partial charge in [0.15, 0.2) is 4.34 Å². The Balaban J connectivity index is 1.55. The number of thiazole rings is 1. The topological polar surface area (TPSA) is 50.3 Å². The Labute approximate surface area is 134 Å². The quantitative estimate of drug-likeness (QED) is 0.545. The van der Waals surface area contributed by atoms with E-state index in [2.05, 4.69) is 4.98 Å². The van der Waals surface area contributed by atoms with Gasteiger partial charge in [-0.25, -0.2) is 4.98 Å². The van der Waals surface area contributed by atoms with Crippen LogP contribution in [0.15, 0.2) is 52.9 Å². The molecule has 6 heteroatoms. The Morgan fingerprint density at radius 3 is 2.27 bits per heavy atom. The van der Waals surface area contributed by atoms with Crippen LogP contribution >= 0.6 is 23.1 Å². The number of carbonyl (C=O) groups is 2. The van der Waals surface area contributed by atoms with Crippen molar-refractivity contribution < 1.29 is 9.59 Å². The van der Waals surface area contributed by atoms with E-state index in [0.29, 0.717) is 11.1 Å². The first-order valence-corrected chi connectivity index (χ1v) is 8.48. The predicted octanol–water partition coefficient (Wildman–Crippen LogP) is 3.64. The lowest BCUT2D eigenvalue weighted by Crippen LogP contribution is -2.29. The van der Waals surface area contributed by atoms with Crippen LogP contribution in [0.25, 0.3) is 10.2 Å². The fourth-order valence-corrected chi connectivity index (χ4v) is 4.39. The molecule has 0 saturated heterocycles. The van der Waals surface area contributed by atoms with Gasteiger partial charge >= 0.3 is 0 Å². The Bertz CT molecular complexity index is 836. The zero-order valence-corrected chi connectivity index (χ0v) is 13.0. The van der Waals surface area contributed by atoms with Crippen molar-refractivity contribution in [2.24, 2.45) is 0 Å². The van der Waals surface area contributed by atoms with E-state index in [9.17, 15) is 9.59 Å². The van der Waals surface area contributed by atoms with E-state index in [-0.39, 0.29) is 17.7 Å². The summed E-state index contributed by atoms with van der Waals surface area (Å²) in [5.41, 5.74) is 1.91. The molecule has 0 radical (unpaired) electrons. The maximum absolute atomic E-state index is 12.3. The molecular formula is C16H10N2O2S2. The van der Waals surface area contributed by atoms with Crippen LogP contribution < -0.4 is 0 Å². The molecule has 0 spiro atoms. The molecule has 1 aliphatic rings. The molecule has 4 nitrogen and oxygen atoms in total. The second-order valence-electron chi connectivity index (χ2n) is 4.80. The number of aromatic nitrogens is 1. The lowest BCUT2D eigenvalue weighted by Gasteiger charge is -2.11. The van der Waals surface area contributed by atoms with Crippen molar-refractivity contribution in [3.8, 4) is 0 Å². The van der Waals surface area contributed by atoms with E-state index in [1.54, 1.807) is 35.6 Å². The summed E-state index contributed by atoms with van der Waals surface area (Å²) in [6, 6.07) is 14.8. The lowest BCUT2D eigenvalue weighted by molar-refractivity contribution is 0.0684. The number of fused-ring (bicyclic) bond motifs is 2. The van der Waals surface area contributed by atoms with Crippen molar-refractivity contribution in [3.05, 3.63) is 59.7 Å². The van der Waals surface area contributed by atoms with Gasteiger partial charge in [0.2, 0.25) is 0 Å². The molecule has 0 fully saturated rings. The molecule has 4 rings (SSSR count). The highest BCUT2D eigenvalue weighted by Crippen LogP contribution is 2.31. The molecule has 0 N–H and O–H groups in total. The molecule has 22 heavy (non-hydrogen) atoms. The first-order chi connectivity index (χ1) is 10.7. The van der Waals surface area contributed by atoms with Crippen LogP contribution in [-0.4, -0.2) is 27.6 Å². The number of amides is 2. The minimum atomic E-state index is -0.228. The normalized spacial score (nSPS) is 13.9. The number of rotatable bonds is 3. The Hall–Kier alpha value is -2.18. The van der Waals surface area contributed by atoms with E-state index in [1.807, 2.05) is 24.3 Å². The number of carbonyl (C=O) groups excluding carboxylic acids is 2. The summed E-state index contributed by atoms with van der Waals surface area (Å²) >= 11 is 2.98. The summed E-state index contributed by atoms with van der Waals surface area (Å²) < 4.78 is 1.96. The van der Waals surface area contributed by atoms with Crippen molar-refractivity contribution in [1.29, 1.82) is 0 Å². The Kier molecular flexibility index (Phi) is 3.20. The number of hydrogen-bond acceptors (Lipinski definition) is 5. The standard InChI is InChI=1S/C16H10N2O2S2/c19-14-10-5-1-2-6-11(10)15(20)18(14)9-21-16-17-12-7-3-4-8-13(12)22-16/h1-8H,9H2. The van der Waals surface area contributed by atoms with E-state index in [0.717, 1.165) is 14.6 Å². The van der Waals surface area contributed by atoms with Crippen LogP contribution in [0, 0.1) is 0 Å². The molecule has 108 valence electrons. The van der Waals surface area contributed by atoms with Crippen LogP contribution in [0.2, 0.25) is 0 Å². The molecule has 0 aliphatic carbocycles. The lowest BCUT2D eigenvalue weighted by atomic mass is 10.1. The molecule has 0 saturated carbocycles. The molecule has 1 aliphatic heterocycles. The van der Waals surface area contributed by atoms with Crippen LogP contribution in [0.1, 0.15) is 20.7 Å². The molecule has 2 aromatic carbocycles. The SMILES string of the molecule is O=C1c2ccccc2C(=O)N1CSc1nc2ccccc2s1. The summed E-state index contributed by atoms with van der Waals surface area (Å²) in [6.07, 6.45) is 0. The zero-order chi connectivity index (χ0) is 15.1. The first-order valence-electron chi connectivity index (χ1n) is 6.67. The molecule has 1 aromatic heterocycles. The molecule has 0 atom stereocenters. The van der Waals surface area contributed by atoms with Gasteiger partial charge in [-0.15, -0.1) is 11.3 Å². The summed E-state index contributed by atoms with van der Waals surface area (Å²) in [4.78, 5) is 30.3. The maximum Gasteiger partial charge on any atom is 0.262 e. The van der Waals surface area contributed by atoms with Crippen molar-refractivity contribution in [2.45, 2.75) is 4.34 Å². The number of para-hydroxylation sites is 1. The third-order valence-corrected chi connectivity index (χ3v) is 5.63. The molecule has 2 amide bonds. The number of benzene rings is 2. The Morgan fingerprint density at radius 2 is 1.59 bits per heavy atom. The molecule has 0 unspecified atom stereocenters. The van der Waals surface area contributed by atoms with Crippen LogP contribution in [0.4, 0.5) is 0 Å². The van der Waals surface area contributed by atoms with Gasteiger partial charge in [-0.3, -0.25) is 14.5 Å². The Morgan fingerprint density at radius 1 is 0.955 bits per heavy atom. The summed E-state index contributed by atoms with van der Waals surface area (Å²) in [7, 11) is 0. The number of nitrogens with zero attached hydrogens (tertiary/aromatic N) is 2. The fourth-order valence-electron chi connectivity index (χ4n) is 2.39. The van der Waals surface area contributed by atoms with E-state index >= 15 is 0 Å². The number of imide groups is 1. The second-order valence-corrected chi connectivity index (χ2v) is 7.03. The van der Waals surface area contributed by atoms with Crippen molar-refractivity contribution in [3.63, 3.8) is 0 Å². The maximum atomic E-state index is 12.3. The van der Waals surface area contributed by atoms with Crippen LogP contribution in [0.3, 0.4) is 0 Å². The van der Waals surface area contributed by atoms with Gasteiger partial charge in [-0.05, 0) is 24.3 Å². The van der Waals surface area contributed by atoms with Gasteiger partial charge in [0.25, 0.3) is 11.8 Å². The smallest absolute Gasteiger partial charge is 0.262 e. The van der Waals surface area contributed by atoms with Gasteiger partial charge < -0.3 is 0 Å². The number of thioether (sulfide) groups is 1. The third-order valence-electron chi connectivity index (χ3n) is 3.47. The first kappa shape index (κ1) is 13.5. The van der Waals surface area contributed by atoms with Crippen LogP contribution in [-0.2, 0) is 0 Å². The molecule has 0 bridgehead atoms. The van der Waals surface area contributed by atoms with Gasteiger partial charge in [-0.2, -0.15) is 0 Å². The molecular weight excluding hydrogens is 316 g/mol. The summed E-state index contributed by atoms with van der Waals surface area (Å²) in [5, 5.41) is 0. The predicted molar refractivity (Wildman–Crippen MR) is 87.3 cm³/mol. The third kappa shape index (κ3) is 2.12. The largest absolute Gasteiger partial charge is 0.269 e. The average Bonchev–Trinajstić information content (AvgIpc) is 3.06. The summed E-state index contributed by atoms with van der Waals surface area (Å²) in [6.45, 7) is 0. The van der Waals surface area contributed by atoms with Gasteiger partial charge in [0, 0.05) is 0 Å². The van der Waals surface area contributed by atoms with Gasteiger partial charge in [0.1, 0.15) is 0 Å². The van der Waals surface area contributed by atoms with Crippen molar-refractivity contribution in [1.82, 2.24) is 9.88 Å². The van der Waals surface area contributed by atoms with Crippen molar-refractivity contribution >= 4 is 45.1 Å². The highest BCUT2D eigenvalue weighted by molar-refractivity contribution is 8.01. The second kappa shape index (κ2) is 5.23. The van der Waals surface area contributed by atoms with Crippen LogP contribution in [0.5, 0.6) is 0 Å². The average molecular weight is 326 g/mol. The van der Waals surface area contributed by atoms with Gasteiger partial charge in [-0.1, -0.05) is 36.0 Å². The molecule has 2 heterocycles. The zero-order valence-electron chi connectivity index (χ0n) is 11.4.